The van der Waals surface area contributed by atoms with Gasteiger partial charge in [-0.15, -0.1) is 5.52 Å². The summed E-state index contributed by atoms with van der Waals surface area (Å²) in [6, 6.07) is 25.5. The summed E-state index contributed by atoms with van der Waals surface area (Å²) in [4.78, 5) is 4.59. The van der Waals surface area contributed by atoms with Crippen molar-refractivity contribution >= 4 is 10.9 Å². The van der Waals surface area contributed by atoms with Crippen molar-refractivity contribution in [2.45, 2.75) is 37.5 Å². The van der Waals surface area contributed by atoms with E-state index < -0.39 is 0 Å². The third-order valence-electron chi connectivity index (χ3n) is 9.39. The van der Waals surface area contributed by atoms with Crippen LogP contribution in [-0.4, -0.2) is 0 Å². The number of fused-ring (bicyclic) bond motifs is 4. The molecule has 4 saturated carbocycles. The second-order valence-electron chi connectivity index (χ2n) is 10.7. The Morgan fingerprint density at radius 2 is 1.41 bits per heavy atom. The number of nitrogens with zero attached hydrogens (tertiary/aromatic N) is 1. The number of hydrogen-bond donors (Lipinski definition) is 0. The normalized spacial score (nSPS) is 31.0. The number of benzene rings is 3. The van der Waals surface area contributed by atoms with E-state index in [-0.39, 0.29) is 26.5 Å². The van der Waals surface area contributed by atoms with Gasteiger partial charge in [0.2, 0.25) is 0 Å². The molecule has 3 aromatic carbocycles. The molecule has 32 heavy (non-hydrogen) atoms. The fourth-order valence-electron chi connectivity index (χ4n) is 8.60. The summed E-state index contributed by atoms with van der Waals surface area (Å²) < 4.78 is 0. The van der Waals surface area contributed by atoms with Gasteiger partial charge in [0.1, 0.15) is 0 Å². The maximum atomic E-state index is 4.59. The van der Waals surface area contributed by atoms with Gasteiger partial charge in [0.05, 0.1) is 0 Å². The molecule has 0 saturated heterocycles. The van der Waals surface area contributed by atoms with E-state index in [2.05, 4.69) is 71.7 Å². The molecule has 0 N–H and O–H groups in total. The van der Waals surface area contributed by atoms with Gasteiger partial charge in [-0.2, -0.15) is 6.20 Å². The van der Waals surface area contributed by atoms with Crippen molar-refractivity contribution in [2.75, 3.05) is 0 Å². The minimum absolute atomic E-state index is 0. The van der Waals surface area contributed by atoms with Crippen LogP contribution in [0.5, 0.6) is 0 Å². The van der Waals surface area contributed by atoms with Crippen molar-refractivity contribution in [1.29, 1.82) is 0 Å². The minimum atomic E-state index is 0. The van der Waals surface area contributed by atoms with Crippen LogP contribution < -0.4 is 4.98 Å². The van der Waals surface area contributed by atoms with Crippen LogP contribution in [0.15, 0.2) is 72.9 Å². The summed E-state index contributed by atoms with van der Waals surface area (Å²) in [5.74, 6) is 3.61. The third kappa shape index (κ3) is 2.29. The smallest absolute Gasteiger partial charge is 0.0272 e. The maximum absolute atomic E-state index is 4.59. The molecular formula is C30H26NW-. The zero-order chi connectivity index (χ0) is 20.2. The molecule has 1 heterocycles. The van der Waals surface area contributed by atoms with Crippen molar-refractivity contribution in [3.05, 3.63) is 84.1 Å². The topological polar surface area (TPSA) is 14.1 Å². The molecule has 0 radical (unpaired) electrons. The minimum Gasteiger partial charge on any atom is -0.664 e. The van der Waals surface area contributed by atoms with Crippen LogP contribution in [0.3, 0.4) is 0 Å². The van der Waals surface area contributed by atoms with Crippen LogP contribution in [0.25, 0.3) is 33.2 Å². The van der Waals surface area contributed by atoms with Crippen molar-refractivity contribution in [3.63, 3.8) is 0 Å². The molecular weight excluding hydrogens is 558 g/mol. The van der Waals surface area contributed by atoms with Crippen molar-refractivity contribution in [3.8, 4) is 22.3 Å². The van der Waals surface area contributed by atoms with E-state index in [1.165, 1.54) is 59.7 Å². The van der Waals surface area contributed by atoms with E-state index in [0.717, 1.165) is 29.2 Å². The van der Waals surface area contributed by atoms with E-state index in [9.17, 15) is 0 Å². The van der Waals surface area contributed by atoms with Gasteiger partial charge in [0, 0.05) is 26.5 Å². The molecule has 0 unspecified atom stereocenters. The van der Waals surface area contributed by atoms with Crippen LogP contribution in [0, 0.1) is 23.7 Å². The van der Waals surface area contributed by atoms with Gasteiger partial charge in [0.25, 0.3) is 0 Å². The monoisotopic (exact) mass is 584 g/mol. The Labute approximate surface area is 203 Å². The largest absolute Gasteiger partial charge is 0.664 e. The first-order chi connectivity index (χ1) is 15.3. The van der Waals surface area contributed by atoms with Crippen LogP contribution in [0.4, 0.5) is 0 Å². The standard InChI is InChI=1S/C30H26N.W/c1-2-6-26-25(4-1)29-24(21-9-8-20-10-11-31-28(20)17-21)5-3-7-27(29)30(26)22-13-18-12-19(15-22)16-23(30)14-18;/h1-11,17-19,22-23H,12-16H2;/q-1;. The first kappa shape index (κ1) is 19.4. The first-order valence-electron chi connectivity index (χ1n) is 12.1. The summed E-state index contributed by atoms with van der Waals surface area (Å²) in [5, 5.41) is 1.23. The molecule has 2 heteroatoms. The van der Waals surface area contributed by atoms with E-state index in [1.807, 2.05) is 6.20 Å². The average molecular weight is 584 g/mol. The summed E-state index contributed by atoms with van der Waals surface area (Å²) in [5.41, 5.74) is 10.3. The fraction of sp³-hybridized carbons (Fsp3) is 0.333. The van der Waals surface area contributed by atoms with E-state index in [0.29, 0.717) is 0 Å². The van der Waals surface area contributed by atoms with E-state index in [1.54, 1.807) is 11.1 Å². The van der Waals surface area contributed by atoms with E-state index in [4.69, 9.17) is 0 Å². The predicted molar refractivity (Wildman–Crippen MR) is 126 cm³/mol. The Kier molecular flexibility index (Phi) is 4.06. The van der Waals surface area contributed by atoms with Crippen molar-refractivity contribution in [2.24, 2.45) is 23.7 Å². The summed E-state index contributed by atoms with van der Waals surface area (Å²) >= 11 is 0. The molecule has 1 spiro atoms. The quantitative estimate of drug-likeness (QED) is 0.231. The fourth-order valence-corrected chi connectivity index (χ4v) is 8.60. The Morgan fingerprint density at radius 3 is 2.22 bits per heavy atom. The summed E-state index contributed by atoms with van der Waals surface area (Å²) in [7, 11) is 0. The molecule has 1 aromatic heterocycles. The number of aromatic nitrogens is 1. The van der Waals surface area contributed by atoms with Gasteiger partial charge in [0.15, 0.2) is 0 Å². The Morgan fingerprint density at radius 1 is 0.688 bits per heavy atom. The maximum Gasteiger partial charge on any atom is 0.0272 e. The van der Waals surface area contributed by atoms with E-state index >= 15 is 0 Å². The molecule has 0 amide bonds. The number of rotatable bonds is 1. The molecule has 1 nitrogen and oxygen atoms in total. The zero-order valence-electron chi connectivity index (χ0n) is 18.1. The number of hydrogen-bond acceptors (Lipinski definition) is 0. The van der Waals surface area contributed by atoms with Gasteiger partial charge in [-0.25, -0.2) is 0 Å². The Bertz CT molecular complexity index is 1330. The Balaban J connectivity index is 0.00000180. The van der Waals surface area contributed by atoms with Crippen LogP contribution in [0.2, 0.25) is 0 Å². The van der Waals surface area contributed by atoms with Gasteiger partial charge in [-0.3, -0.25) is 0 Å². The van der Waals surface area contributed by atoms with Gasteiger partial charge < -0.3 is 4.98 Å². The van der Waals surface area contributed by atoms with Crippen molar-refractivity contribution < 1.29 is 21.1 Å². The third-order valence-corrected chi connectivity index (χ3v) is 9.39. The molecule has 4 aromatic rings. The van der Waals surface area contributed by atoms with Crippen LogP contribution in [-0.2, 0) is 26.5 Å². The van der Waals surface area contributed by atoms with Gasteiger partial charge in [-0.1, -0.05) is 66.7 Å². The molecule has 9 rings (SSSR count). The van der Waals surface area contributed by atoms with Crippen LogP contribution >= 0.6 is 0 Å². The predicted octanol–water partition coefficient (Wildman–Crippen LogP) is 7.18. The molecule has 4 bridgehead atoms. The zero-order valence-corrected chi connectivity index (χ0v) is 21.1. The SMILES string of the molecule is [W].c1ccc2c(c1)-c1c(-c3ccc4cc[n-]c4c3)cccc1C21C2CC3CC(C2)CC1C3. The van der Waals surface area contributed by atoms with Gasteiger partial charge >= 0.3 is 0 Å². The average Bonchev–Trinajstić information content (AvgIpc) is 3.38. The second-order valence-corrected chi connectivity index (χ2v) is 10.7. The van der Waals surface area contributed by atoms with Crippen LogP contribution in [0.1, 0.15) is 43.2 Å². The molecule has 0 atom stereocenters. The molecule has 0 aliphatic heterocycles. The second kappa shape index (κ2) is 6.70. The Hall–Kier alpha value is -2.11. The molecule has 5 aliphatic carbocycles. The van der Waals surface area contributed by atoms with Crippen molar-refractivity contribution in [1.82, 2.24) is 4.98 Å². The summed E-state index contributed by atoms with van der Waals surface area (Å²) in [6.45, 7) is 0. The van der Waals surface area contributed by atoms with Gasteiger partial charge in [-0.05, 0) is 94.5 Å². The molecule has 158 valence electrons. The summed E-state index contributed by atoms with van der Waals surface area (Å²) in [6.07, 6.45) is 9.18. The first-order valence-corrected chi connectivity index (χ1v) is 12.1. The molecule has 5 aliphatic rings. The molecule has 4 fully saturated rings.